The van der Waals surface area contributed by atoms with E-state index in [1.807, 2.05) is 43.0 Å². The van der Waals surface area contributed by atoms with Crippen LogP contribution in [0.5, 0.6) is 0 Å². The molecule has 1 aromatic rings. The van der Waals surface area contributed by atoms with E-state index >= 15 is 0 Å². The summed E-state index contributed by atoms with van der Waals surface area (Å²) in [5.74, 6) is 0.851. The van der Waals surface area contributed by atoms with Gasteiger partial charge in [-0.2, -0.15) is 0 Å². The fraction of sp³-hybridized carbons (Fsp3) is 0.467. The molecule has 4 nitrogen and oxygen atoms in total. The number of halogens is 1. The molecule has 2 amide bonds. The molecule has 1 heterocycles. The lowest BCUT2D eigenvalue weighted by Gasteiger charge is -2.26. The van der Waals surface area contributed by atoms with Crippen molar-refractivity contribution in [2.24, 2.45) is 4.99 Å². The van der Waals surface area contributed by atoms with Crippen LogP contribution in [0.3, 0.4) is 0 Å². The summed E-state index contributed by atoms with van der Waals surface area (Å²) in [7, 11) is 0. The van der Waals surface area contributed by atoms with E-state index in [9.17, 15) is 4.79 Å². The predicted octanol–water partition coefficient (Wildman–Crippen LogP) is 3.93. The van der Waals surface area contributed by atoms with E-state index in [2.05, 4.69) is 4.99 Å². The lowest BCUT2D eigenvalue weighted by Crippen LogP contribution is -2.43. The number of hydrogen-bond acceptors (Lipinski definition) is 2. The Morgan fingerprint density at radius 3 is 2.55 bits per heavy atom. The van der Waals surface area contributed by atoms with Crippen LogP contribution in [0, 0.1) is 0 Å². The molecule has 0 saturated carbocycles. The van der Waals surface area contributed by atoms with Crippen LogP contribution >= 0.6 is 11.6 Å². The monoisotopic (exact) mass is 293 g/mol. The van der Waals surface area contributed by atoms with Gasteiger partial charge in [0.05, 0.1) is 5.69 Å². The molecule has 0 bridgehead atoms. The molecule has 0 aliphatic carbocycles. The molecule has 0 spiro atoms. The number of rotatable bonds is 3. The maximum Gasteiger partial charge on any atom is 0.325 e. The number of hydrogen-bond donors (Lipinski definition) is 0. The summed E-state index contributed by atoms with van der Waals surface area (Å²) in [6, 6.07) is 7.42. The minimum absolute atomic E-state index is 0.0558. The Labute approximate surface area is 125 Å². The van der Waals surface area contributed by atoms with Crippen LogP contribution in [0.1, 0.15) is 26.7 Å². The van der Waals surface area contributed by atoms with Crippen molar-refractivity contribution in [3.05, 3.63) is 29.3 Å². The van der Waals surface area contributed by atoms with Gasteiger partial charge in [-0.1, -0.05) is 11.6 Å². The third-order valence-electron chi connectivity index (χ3n) is 3.44. The summed E-state index contributed by atoms with van der Waals surface area (Å²) < 4.78 is 0. The van der Waals surface area contributed by atoms with Crippen LogP contribution in [0.25, 0.3) is 0 Å². The van der Waals surface area contributed by atoms with Gasteiger partial charge in [-0.05, 0) is 44.5 Å². The van der Waals surface area contributed by atoms with Gasteiger partial charge in [-0.3, -0.25) is 4.90 Å². The third kappa shape index (κ3) is 3.31. The lowest BCUT2D eigenvalue weighted by molar-refractivity contribution is 0.183. The molecule has 1 aliphatic rings. The molecule has 1 fully saturated rings. The van der Waals surface area contributed by atoms with E-state index in [1.54, 1.807) is 4.90 Å². The summed E-state index contributed by atoms with van der Waals surface area (Å²) in [6.45, 7) is 6.18. The van der Waals surface area contributed by atoms with E-state index in [0.717, 1.165) is 44.0 Å². The van der Waals surface area contributed by atoms with Crippen molar-refractivity contribution >= 4 is 29.2 Å². The Morgan fingerprint density at radius 1 is 1.30 bits per heavy atom. The first-order chi connectivity index (χ1) is 9.65. The Kier molecular flexibility index (Phi) is 5.01. The quantitative estimate of drug-likeness (QED) is 0.832. The minimum Gasteiger partial charge on any atom is -0.325 e. The van der Waals surface area contributed by atoms with Crippen molar-refractivity contribution in [1.29, 1.82) is 0 Å². The van der Waals surface area contributed by atoms with Crippen LogP contribution < -0.4 is 0 Å². The van der Waals surface area contributed by atoms with E-state index in [1.165, 1.54) is 0 Å². The SMILES string of the molecule is CCN(CC)C(=O)N1CCCC1=Nc1ccc(Cl)cc1. The van der Waals surface area contributed by atoms with E-state index < -0.39 is 0 Å². The highest BCUT2D eigenvalue weighted by molar-refractivity contribution is 6.30. The van der Waals surface area contributed by atoms with E-state index in [0.29, 0.717) is 5.02 Å². The van der Waals surface area contributed by atoms with Gasteiger partial charge in [-0.25, -0.2) is 9.79 Å². The molecule has 108 valence electrons. The largest absolute Gasteiger partial charge is 0.325 e. The molecule has 0 radical (unpaired) electrons. The van der Waals surface area contributed by atoms with Crippen molar-refractivity contribution in [2.75, 3.05) is 19.6 Å². The number of nitrogens with zero attached hydrogens (tertiary/aromatic N) is 3. The highest BCUT2D eigenvalue weighted by atomic mass is 35.5. The molecule has 1 saturated heterocycles. The molecular weight excluding hydrogens is 274 g/mol. The second-order valence-electron chi connectivity index (χ2n) is 4.71. The average Bonchev–Trinajstić information content (AvgIpc) is 2.90. The zero-order valence-corrected chi connectivity index (χ0v) is 12.7. The molecule has 0 unspecified atom stereocenters. The molecule has 0 aromatic heterocycles. The number of urea groups is 1. The van der Waals surface area contributed by atoms with Crippen molar-refractivity contribution in [1.82, 2.24) is 9.80 Å². The second-order valence-corrected chi connectivity index (χ2v) is 5.15. The fourth-order valence-electron chi connectivity index (χ4n) is 2.31. The summed E-state index contributed by atoms with van der Waals surface area (Å²) in [5.41, 5.74) is 0.837. The number of carbonyl (C=O) groups excluding carboxylic acids is 1. The Morgan fingerprint density at radius 2 is 1.95 bits per heavy atom. The molecule has 1 aromatic carbocycles. The second kappa shape index (κ2) is 6.75. The number of amidine groups is 1. The third-order valence-corrected chi connectivity index (χ3v) is 3.70. The average molecular weight is 294 g/mol. The van der Waals surface area contributed by atoms with Crippen LogP contribution in [0.15, 0.2) is 29.3 Å². The lowest BCUT2D eigenvalue weighted by atomic mass is 10.3. The summed E-state index contributed by atoms with van der Waals surface area (Å²) in [5, 5.41) is 0.691. The zero-order chi connectivity index (χ0) is 14.5. The van der Waals surface area contributed by atoms with Gasteiger partial charge in [0, 0.05) is 31.1 Å². The fourth-order valence-corrected chi connectivity index (χ4v) is 2.44. The number of amides is 2. The number of carbonyl (C=O) groups is 1. The van der Waals surface area contributed by atoms with Gasteiger partial charge in [0.25, 0.3) is 0 Å². The predicted molar refractivity (Wildman–Crippen MR) is 82.8 cm³/mol. The van der Waals surface area contributed by atoms with Crippen molar-refractivity contribution in [3.63, 3.8) is 0 Å². The minimum atomic E-state index is 0.0558. The smallest absolute Gasteiger partial charge is 0.325 e. The summed E-state index contributed by atoms with van der Waals surface area (Å²) in [6.07, 6.45) is 1.81. The van der Waals surface area contributed by atoms with Crippen LogP contribution in [0.2, 0.25) is 5.02 Å². The standard InChI is InChI=1S/C15H20ClN3O/c1-3-18(4-2)15(20)19-11-5-6-14(19)17-13-9-7-12(16)8-10-13/h7-10H,3-6,11H2,1-2H3. The Hall–Kier alpha value is -1.55. The summed E-state index contributed by atoms with van der Waals surface area (Å²) >= 11 is 5.87. The maximum atomic E-state index is 12.4. The van der Waals surface area contributed by atoms with Crippen molar-refractivity contribution in [3.8, 4) is 0 Å². The van der Waals surface area contributed by atoms with Crippen LogP contribution in [-0.2, 0) is 0 Å². The Balaban J connectivity index is 2.18. The normalized spacial score (nSPS) is 16.8. The molecule has 2 rings (SSSR count). The first-order valence-electron chi connectivity index (χ1n) is 7.05. The number of benzene rings is 1. The molecule has 20 heavy (non-hydrogen) atoms. The van der Waals surface area contributed by atoms with Crippen molar-refractivity contribution < 1.29 is 4.79 Å². The first-order valence-corrected chi connectivity index (χ1v) is 7.43. The molecular formula is C15H20ClN3O. The highest BCUT2D eigenvalue weighted by Gasteiger charge is 2.27. The highest BCUT2D eigenvalue weighted by Crippen LogP contribution is 2.21. The first kappa shape index (κ1) is 14.9. The number of likely N-dealkylation sites (tertiary alicyclic amines) is 1. The molecule has 0 atom stereocenters. The van der Waals surface area contributed by atoms with Crippen LogP contribution in [0.4, 0.5) is 10.5 Å². The Bertz CT molecular complexity index is 494. The van der Waals surface area contributed by atoms with Gasteiger partial charge in [0.1, 0.15) is 5.84 Å². The van der Waals surface area contributed by atoms with E-state index in [4.69, 9.17) is 11.6 Å². The van der Waals surface area contributed by atoms with Gasteiger partial charge < -0.3 is 4.90 Å². The van der Waals surface area contributed by atoms with Gasteiger partial charge in [0.2, 0.25) is 0 Å². The van der Waals surface area contributed by atoms with Crippen LogP contribution in [-0.4, -0.2) is 41.3 Å². The van der Waals surface area contributed by atoms with Gasteiger partial charge in [0.15, 0.2) is 0 Å². The summed E-state index contributed by atoms with van der Waals surface area (Å²) in [4.78, 5) is 20.6. The molecule has 5 heteroatoms. The maximum absolute atomic E-state index is 12.4. The number of aliphatic imine (C=N–C) groups is 1. The molecule has 0 N–H and O–H groups in total. The van der Waals surface area contributed by atoms with Crippen molar-refractivity contribution in [2.45, 2.75) is 26.7 Å². The zero-order valence-electron chi connectivity index (χ0n) is 12.0. The molecule has 1 aliphatic heterocycles. The van der Waals surface area contributed by atoms with Gasteiger partial charge >= 0.3 is 6.03 Å². The van der Waals surface area contributed by atoms with E-state index in [-0.39, 0.29) is 6.03 Å². The topological polar surface area (TPSA) is 35.9 Å². The van der Waals surface area contributed by atoms with Gasteiger partial charge in [-0.15, -0.1) is 0 Å².